The van der Waals surface area contributed by atoms with E-state index in [4.69, 9.17) is 28.3 Å². The first-order valence-electron chi connectivity index (χ1n) is 10.9. The molecule has 0 bridgehead atoms. The number of pyridine rings is 1. The number of hydrogen-bond donors (Lipinski definition) is 1. The third kappa shape index (κ3) is 4.26. The number of carbonyl (C=O) groups is 1. The van der Waals surface area contributed by atoms with Gasteiger partial charge in [-0.1, -0.05) is 47.5 Å². The smallest absolute Gasteiger partial charge is 0.260 e. The van der Waals surface area contributed by atoms with Gasteiger partial charge < -0.3 is 0 Å². The molecule has 37 heavy (non-hydrogen) atoms. The molecule has 2 aromatic carbocycles. The van der Waals surface area contributed by atoms with E-state index in [2.05, 4.69) is 16.0 Å². The van der Waals surface area contributed by atoms with Crippen molar-refractivity contribution in [3.05, 3.63) is 88.3 Å². The molecule has 1 aliphatic rings. The molecule has 2 N–H and O–H groups in total. The van der Waals surface area contributed by atoms with E-state index in [1.54, 1.807) is 37.4 Å². The first kappa shape index (κ1) is 24.9. The number of amides is 1. The van der Waals surface area contributed by atoms with Gasteiger partial charge in [0.2, 0.25) is 5.95 Å². The summed E-state index contributed by atoms with van der Waals surface area (Å²) < 4.78 is 26.2. The summed E-state index contributed by atoms with van der Waals surface area (Å²) in [7, 11) is -4.21. The highest BCUT2D eigenvalue weighted by Gasteiger charge is 2.51. The normalized spacial score (nSPS) is 17.1. The first-order valence-corrected chi connectivity index (χ1v) is 13.2. The number of imidazole rings is 1. The summed E-state index contributed by atoms with van der Waals surface area (Å²) in [6.07, 6.45) is 2.80. The topological polar surface area (TPSA) is 135 Å². The Kier molecular flexibility index (Phi) is 6.04. The Morgan fingerprint density at radius 3 is 2.38 bits per heavy atom. The molecule has 0 saturated heterocycles. The maximum atomic E-state index is 13.9. The predicted octanol–water partition coefficient (Wildman–Crippen LogP) is 4.41. The zero-order chi connectivity index (χ0) is 26.5. The van der Waals surface area contributed by atoms with E-state index in [1.807, 2.05) is 24.3 Å². The van der Waals surface area contributed by atoms with Gasteiger partial charge in [-0.25, -0.2) is 28.4 Å². The lowest BCUT2D eigenvalue weighted by atomic mass is 9.91. The maximum absolute atomic E-state index is 13.9. The van der Waals surface area contributed by atoms with E-state index in [-0.39, 0.29) is 17.4 Å². The Morgan fingerprint density at radius 2 is 1.76 bits per heavy atom. The number of benzene rings is 2. The largest absolute Gasteiger partial charge is 0.284 e. The predicted molar refractivity (Wildman–Crippen MR) is 139 cm³/mol. The highest BCUT2D eigenvalue weighted by atomic mass is 35.5. The molecule has 1 atom stereocenters. The number of rotatable bonds is 5. The summed E-state index contributed by atoms with van der Waals surface area (Å²) in [6.45, 7) is 1.63. The molecular weight excluding hydrogens is 535 g/mol. The summed E-state index contributed by atoms with van der Waals surface area (Å²) in [6, 6.07) is 17.5. The van der Waals surface area contributed by atoms with Gasteiger partial charge in [-0.2, -0.15) is 5.26 Å². The van der Waals surface area contributed by atoms with Crippen molar-refractivity contribution in [2.24, 2.45) is 5.14 Å². The average molecular weight is 553 g/mol. The summed E-state index contributed by atoms with van der Waals surface area (Å²) in [5.74, 6) is -0.345. The lowest BCUT2D eigenvalue weighted by Crippen LogP contribution is -2.42. The molecule has 0 unspecified atom stereocenters. The fourth-order valence-corrected chi connectivity index (χ4v) is 5.81. The molecule has 12 heteroatoms. The van der Waals surface area contributed by atoms with E-state index in [0.717, 1.165) is 17.3 Å². The minimum Gasteiger partial charge on any atom is -0.284 e. The number of fused-ring (bicyclic) bond motifs is 1. The van der Waals surface area contributed by atoms with Gasteiger partial charge in [0.1, 0.15) is 17.3 Å². The number of anilines is 2. The van der Waals surface area contributed by atoms with Crippen LogP contribution >= 0.6 is 23.2 Å². The first-order chi connectivity index (χ1) is 17.5. The van der Waals surface area contributed by atoms with E-state index >= 15 is 0 Å². The molecule has 5 rings (SSSR count). The van der Waals surface area contributed by atoms with Crippen LogP contribution in [-0.4, -0.2) is 28.9 Å². The maximum Gasteiger partial charge on any atom is 0.260 e. The summed E-state index contributed by atoms with van der Waals surface area (Å²) in [4.78, 5) is 23.5. The number of primary sulfonamides is 1. The summed E-state index contributed by atoms with van der Waals surface area (Å²) >= 11 is 12.4. The molecule has 0 radical (unpaired) electrons. The van der Waals surface area contributed by atoms with E-state index in [9.17, 15) is 18.5 Å². The van der Waals surface area contributed by atoms with E-state index < -0.39 is 21.5 Å². The van der Waals surface area contributed by atoms with Crippen molar-refractivity contribution in [1.82, 2.24) is 14.5 Å². The van der Waals surface area contributed by atoms with Crippen LogP contribution < -0.4 is 10.0 Å². The Morgan fingerprint density at radius 1 is 1.08 bits per heavy atom. The van der Waals surface area contributed by atoms with Crippen LogP contribution in [0.15, 0.2) is 72.0 Å². The fraction of sp³-hybridized carbons (Fsp3) is 0.120. The molecule has 1 amide bonds. The molecule has 4 aromatic rings. The van der Waals surface area contributed by atoms with Crippen molar-refractivity contribution in [2.45, 2.75) is 23.9 Å². The monoisotopic (exact) mass is 552 g/mol. The van der Waals surface area contributed by atoms with Gasteiger partial charge in [0, 0.05) is 28.2 Å². The van der Waals surface area contributed by atoms with Crippen LogP contribution in [0, 0.1) is 11.3 Å². The van der Waals surface area contributed by atoms with Gasteiger partial charge in [-0.05, 0) is 48.4 Å². The Hall–Kier alpha value is -3.75. The molecule has 0 saturated carbocycles. The van der Waals surface area contributed by atoms with Crippen molar-refractivity contribution in [3.8, 4) is 17.2 Å². The van der Waals surface area contributed by atoms with Crippen molar-refractivity contribution < 1.29 is 13.2 Å². The van der Waals surface area contributed by atoms with Crippen LogP contribution in [0.5, 0.6) is 0 Å². The highest BCUT2D eigenvalue weighted by molar-refractivity contribution is 7.89. The zero-order valence-electron chi connectivity index (χ0n) is 19.3. The number of sulfonamides is 1. The second kappa shape index (κ2) is 8.97. The second-order valence-corrected chi connectivity index (χ2v) is 11.1. The number of hydrogen-bond acceptors (Lipinski definition) is 6. The van der Waals surface area contributed by atoms with Crippen LogP contribution in [0.3, 0.4) is 0 Å². The SMILES string of the molecule is C[C@@]1(Cc2ccc(-c3cccnc3C#N)cc2)C(=O)N(c2cc(Cl)cc(Cl)c2)c2ncc(S(N)(=O)=O)n21. The molecule has 0 aliphatic carbocycles. The molecule has 0 spiro atoms. The molecular formula is C25H18Cl2N6O3S. The highest BCUT2D eigenvalue weighted by Crippen LogP contribution is 2.44. The minimum absolute atomic E-state index is 0.0838. The van der Waals surface area contributed by atoms with Crippen LogP contribution in [-0.2, 0) is 26.8 Å². The summed E-state index contributed by atoms with van der Waals surface area (Å²) in [5.41, 5.74) is 1.45. The molecule has 1 aliphatic heterocycles. The molecule has 2 aromatic heterocycles. The lowest BCUT2D eigenvalue weighted by molar-refractivity contribution is -0.124. The van der Waals surface area contributed by atoms with Crippen molar-refractivity contribution in [2.75, 3.05) is 4.90 Å². The number of nitriles is 1. The third-order valence-electron chi connectivity index (χ3n) is 6.19. The van der Waals surface area contributed by atoms with Gasteiger partial charge in [-0.15, -0.1) is 0 Å². The van der Waals surface area contributed by atoms with Crippen molar-refractivity contribution in [3.63, 3.8) is 0 Å². The van der Waals surface area contributed by atoms with Gasteiger partial charge >= 0.3 is 0 Å². The fourth-order valence-electron chi connectivity index (χ4n) is 4.56. The van der Waals surface area contributed by atoms with E-state index in [1.165, 1.54) is 15.5 Å². The molecule has 3 heterocycles. The van der Waals surface area contributed by atoms with Gasteiger partial charge in [0.25, 0.3) is 15.9 Å². The van der Waals surface area contributed by atoms with Crippen LogP contribution in [0.2, 0.25) is 10.0 Å². The number of halogens is 2. The van der Waals surface area contributed by atoms with Gasteiger partial charge in [-0.3, -0.25) is 9.36 Å². The number of nitrogens with two attached hydrogens (primary N) is 1. The van der Waals surface area contributed by atoms with E-state index in [0.29, 0.717) is 27.0 Å². The zero-order valence-corrected chi connectivity index (χ0v) is 21.6. The van der Waals surface area contributed by atoms with Crippen molar-refractivity contribution >= 4 is 50.8 Å². The Bertz CT molecular complexity index is 1690. The van der Waals surface area contributed by atoms with Crippen LogP contribution in [0.1, 0.15) is 18.2 Å². The number of nitrogens with zero attached hydrogens (tertiary/aromatic N) is 5. The molecule has 9 nitrogen and oxygen atoms in total. The Balaban J connectivity index is 1.60. The quantitative estimate of drug-likeness (QED) is 0.389. The molecule has 0 fully saturated rings. The average Bonchev–Trinajstić information content (AvgIpc) is 3.37. The Labute approximate surface area is 222 Å². The van der Waals surface area contributed by atoms with Crippen LogP contribution in [0.25, 0.3) is 11.1 Å². The lowest BCUT2D eigenvalue weighted by Gasteiger charge is -2.26. The van der Waals surface area contributed by atoms with Gasteiger partial charge in [0.15, 0.2) is 5.03 Å². The molecule has 186 valence electrons. The van der Waals surface area contributed by atoms with Crippen LogP contribution in [0.4, 0.5) is 11.6 Å². The van der Waals surface area contributed by atoms with Crippen molar-refractivity contribution in [1.29, 1.82) is 5.26 Å². The standard InChI is InChI=1S/C25H18Cl2N6O3S/c1-25(12-15-4-6-16(7-5-15)20-3-2-8-30-21(20)13-28)23(34)32(19-10-17(26)9-18(27)11-19)24-31-14-22(33(24)25)37(29,35)36/h2-11,14H,12H2,1H3,(H2,29,35,36)/t25-/m1/s1. The third-order valence-corrected chi connectivity index (χ3v) is 7.50. The van der Waals surface area contributed by atoms with Gasteiger partial charge in [0.05, 0.1) is 11.9 Å². The second-order valence-electron chi connectivity index (χ2n) is 8.70. The minimum atomic E-state index is -4.21. The summed E-state index contributed by atoms with van der Waals surface area (Å²) in [5, 5.41) is 15.2. The number of aromatic nitrogens is 3. The number of carbonyl (C=O) groups excluding carboxylic acids is 1.